The Morgan fingerprint density at radius 2 is 1.93 bits per heavy atom. The Morgan fingerprint density at radius 3 is 2.70 bits per heavy atom. The molecule has 1 unspecified atom stereocenters. The van der Waals surface area contributed by atoms with Gasteiger partial charge in [-0.05, 0) is 49.5 Å². The van der Waals surface area contributed by atoms with Crippen molar-refractivity contribution in [2.45, 2.75) is 31.8 Å². The normalized spacial score (nSPS) is 16.1. The SMILES string of the molecule is CN=C(NCc1nccc2ccccc12)NCC(c1ccco1)N1CCCCC1.I. The minimum atomic E-state index is 0. The van der Waals surface area contributed by atoms with E-state index in [1.165, 1.54) is 30.0 Å². The molecule has 1 aromatic carbocycles. The predicted molar refractivity (Wildman–Crippen MR) is 132 cm³/mol. The average molecular weight is 519 g/mol. The van der Waals surface area contributed by atoms with Crippen molar-refractivity contribution in [3.63, 3.8) is 0 Å². The summed E-state index contributed by atoms with van der Waals surface area (Å²) < 4.78 is 5.74. The van der Waals surface area contributed by atoms with Gasteiger partial charge in [-0.3, -0.25) is 14.9 Å². The van der Waals surface area contributed by atoms with Crippen molar-refractivity contribution >= 4 is 40.7 Å². The summed E-state index contributed by atoms with van der Waals surface area (Å²) in [5.74, 6) is 1.78. The van der Waals surface area contributed by atoms with Crippen LogP contribution in [0.4, 0.5) is 0 Å². The number of furan rings is 1. The number of pyridine rings is 1. The standard InChI is InChI=1S/C23H29N5O.HI/c1-24-23(26-16-20-19-9-4-3-8-18(19)11-12-25-20)27-17-21(22-10-7-15-29-22)28-13-5-2-6-14-28;/h3-4,7-12,15,21H,2,5-6,13-14,16-17H2,1H3,(H2,24,26,27);1H. The molecule has 0 aliphatic carbocycles. The smallest absolute Gasteiger partial charge is 0.191 e. The number of benzene rings is 1. The van der Waals surface area contributed by atoms with E-state index in [2.05, 4.69) is 49.8 Å². The van der Waals surface area contributed by atoms with Crippen molar-refractivity contribution in [1.29, 1.82) is 0 Å². The van der Waals surface area contributed by atoms with Crippen molar-refractivity contribution in [3.05, 3.63) is 66.4 Å². The molecule has 160 valence electrons. The van der Waals surface area contributed by atoms with Gasteiger partial charge in [0.05, 0.1) is 24.5 Å². The minimum Gasteiger partial charge on any atom is -0.468 e. The maximum atomic E-state index is 5.74. The molecule has 3 heterocycles. The van der Waals surface area contributed by atoms with Crippen LogP contribution in [0.1, 0.15) is 36.8 Å². The lowest BCUT2D eigenvalue weighted by atomic mass is 10.1. The zero-order chi connectivity index (χ0) is 19.9. The number of likely N-dealkylation sites (tertiary alicyclic amines) is 1. The molecule has 0 spiro atoms. The number of halogens is 1. The zero-order valence-corrected chi connectivity index (χ0v) is 19.7. The molecule has 0 radical (unpaired) electrons. The van der Waals surface area contributed by atoms with E-state index in [0.29, 0.717) is 6.54 Å². The molecular weight excluding hydrogens is 489 g/mol. The van der Waals surface area contributed by atoms with E-state index in [-0.39, 0.29) is 30.0 Å². The van der Waals surface area contributed by atoms with Gasteiger partial charge in [0.2, 0.25) is 0 Å². The number of hydrogen-bond donors (Lipinski definition) is 2. The van der Waals surface area contributed by atoms with E-state index in [1.807, 2.05) is 24.4 Å². The van der Waals surface area contributed by atoms with Gasteiger partial charge in [0.1, 0.15) is 5.76 Å². The maximum Gasteiger partial charge on any atom is 0.191 e. The fourth-order valence-electron chi connectivity index (χ4n) is 4.03. The minimum absolute atomic E-state index is 0. The fourth-order valence-corrected chi connectivity index (χ4v) is 4.03. The molecule has 1 saturated heterocycles. The van der Waals surface area contributed by atoms with E-state index >= 15 is 0 Å². The monoisotopic (exact) mass is 519 g/mol. The molecular formula is C23H30IN5O. The second-order valence-electron chi connectivity index (χ2n) is 7.41. The van der Waals surface area contributed by atoms with E-state index < -0.39 is 0 Å². The molecule has 3 aromatic rings. The van der Waals surface area contributed by atoms with Crippen LogP contribution in [0, 0.1) is 0 Å². The number of nitrogens with zero attached hydrogens (tertiary/aromatic N) is 3. The summed E-state index contributed by atoms with van der Waals surface area (Å²) in [4.78, 5) is 11.5. The van der Waals surface area contributed by atoms with Gasteiger partial charge in [0.25, 0.3) is 0 Å². The maximum absolute atomic E-state index is 5.74. The Balaban J connectivity index is 0.00000256. The van der Waals surface area contributed by atoms with Crippen LogP contribution in [0.5, 0.6) is 0 Å². The summed E-state index contributed by atoms with van der Waals surface area (Å²) >= 11 is 0. The summed E-state index contributed by atoms with van der Waals surface area (Å²) in [5, 5.41) is 9.26. The lowest BCUT2D eigenvalue weighted by molar-refractivity contribution is 0.146. The molecule has 30 heavy (non-hydrogen) atoms. The highest BCUT2D eigenvalue weighted by molar-refractivity contribution is 14.0. The fraction of sp³-hybridized carbons (Fsp3) is 0.391. The number of hydrogen-bond acceptors (Lipinski definition) is 4. The Kier molecular flexibility index (Phi) is 8.50. The summed E-state index contributed by atoms with van der Waals surface area (Å²) in [6, 6.07) is 14.6. The Hall–Kier alpha value is -2.13. The first-order valence-electron chi connectivity index (χ1n) is 10.4. The molecule has 1 fully saturated rings. The topological polar surface area (TPSA) is 65.7 Å². The summed E-state index contributed by atoms with van der Waals surface area (Å²) in [6.07, 6.45) is 7.42. The number of nitrogens with one attached hydrogen (secondary N) is 2. The molecule has 2 aromatic heterocycles. The first-order valence-corrected chi connectivity index (χ1v) is 10.4. The molecule has 6 nitrogen and oxygen atoms in total. The van der Waals surface area contributed by atoms with Crippen molar-refractivity contribution in [3.8, 4) is 0 Å². The molecule has 1 aliphatic rings. The van der Waals surface area contributed by atoms with Gasteiger partial charge in [-0.25, -0.2) is 0 Å². The number of aromatic nitrogens is 1. The van der Waals surface area contributed by atoms with E-state index in [0.717, 1.165) is 37.0 Å². The zero-order valence-electron chi connectivity index (χ0n) is 17.4. The average Bonchev–Trinajstić information content (AvgIpc) is 3.31. The van der Waals surface area contributed by atoms with Crippen molar-refractivity contribution in [2.75, 3.05) is 26.7 Å². The lowest BCUT2D eigenvalue weighted by Crippen LogP contribution is -2.44. The van der Waals surface area contributed by atoms with E-state index in [4.69, 9.17) is 4.42 Å². The largest absolute Gasteiger partial charge is 0.468 e. The first kappa shape index (κ1) is 22.6. The van der Waals surface area contributed by atoms with E-state index in [9.17, 15) is 0 Å². The molecule has 0 amide bonds. The van der Waals surface area contributed by atoms with Crippen LogP contribution in [0.2, 0.25) is 0 Å². The molecule has 1 aliphatic heterocycles. The van der Waals surface area contributed by atoms with Gasteiger partial charge in [0.15, 0.2) is 5.96 Å². The highest BCUT2D eigenvalue weighted by atomic mass is 127. The van der Waals surface area contributed by atoms with Gasteiger partial charge >= 0.3 is 0 Å². The van der Waals surface area contributed by atoms with E-state index in [1.54, 1.807) is 13.3 Å². The second kappa shape index (κ2) is 11.3. The Labute approximate surface area is 195 Å². The molecule has 0 saturated carbocycles. The third-order valence-corrected chi connectivity index (χ3v) is 5.57. The number of piperidine rings is 1. The number of rotatable bonds is 6. The third-order valence-electron chi connectivity index (χ3n) is 5.57. The van der Waals surface area contributed by atoms with Crippen LogP contribution in [-0.2, 0) is 6.54 Å². The quantitative estimate of drug-likeness (QED) is 0.288. The predicted octanol–water partition coefficient (Wildman–Crippen LogP) is 4.34. The van der Waals surface area contributed by atoms with Gasteiger partial charge in [-0.1, -0.05) is 30.7 Å². The van der Waals surface area contributed by atoms with Crippen LogP contribution in [-0.4, -0.2) is 42.5 Å². The van der Waals surface area contributed by atoms with Gasteiger partial charge in [-0.15, -0.1) is 24.0 Å². The van der Waals surface area contributed by atoms with Crippen LogP contribution < -0.4 is 10.6 Å². The summed E-state index contributed by atoms with van der Waals surface area (Å²) in [7, 11) is 1.80. The van der Waals surface area contributed by atoms with Crippen molar-refractivity contribution in [2.24, 2.45) is 4.99 Å². The first-order chi connectivity index (χ1) is 14.3. The van der Waals surface area contributed by atoms with Crippen LogP contribution in [0.15, 0.2) is 64.3 Å². The summed E-state index contributed by atoms with van der Waals surface area (Å²) in [6.45, 7) is 3.59. The van der Waals surface area contributed by atoms with Crippen LogP contribution in [0.25, 0.3) is 10.8 Å². The summed E-state index contributed by atoms with van der Waals surface area (Å²) in [5.41, 5.74) is 1.02. The number of fused-ring (bicyclic) bond motifs is 1. The Bertz CT molecular complexity index is 932. The molecule has 2 N–H and O–H groups in total. The van der Waals surface area contributed by atoms with Gasteiger partial charge in [-0.2, -0.15) is 0 Å². The highest BCUT2D eigenvalue weighted by Gasteiger charge is 2.24. The van der Waals surface area contributed by atoms with Crippen LogP contribution in [0.3, 0.4) is 0 Å². The highest BCUT2D eigenvalue weighted by Crippen LogP contribution is 2.24. The molecule has 1 atom stereocenters. The molecule has 7 heteroatoms. The molecule has 0 bridgehead atoms. The second-order valence-corrected chi connectivity index (χ2v) is 7.41. The third kappa shape index (κ3) is 5.51. The van der Waals surface area contributed by atoms with Crippen LogP contribution >= 0.6 is 24.0 Å². The van der Waals surface area contributed by atoms with Crippen molar-refractivity contribution in [1.82, 2.24) is 20.5 Å². The van der Waals surface area contributed by atoms with Crippen molar-refractivity contribution < 1.29 is 4.42 Å². The molecule has 4 rings (SSSR count). The number of guanidine groups is 1. The number of aliphatic imine (C=N–C) groups is 1. The lowest BCUT2D eigenvalue weighted by Gasteiger charge is -2.33. The van der Waals surface area contributed by atoms with Gasteiger partial charge < -0.3 is 15.1 Å². The van der Waals surface area contributed by atoms with Gasteiger partial charge in [0, 0.05) is 25.2 Å². The Morgan fingerprint density at radius 1 is 1.10 bits per heavy atom.